The zero-order valence-electron chi connectivity index (χ0n) is 27.6. The third kappa shape index (κ3) is 4.34. The van der Waals surface area contributed by atoms with Gasteiger partial charge in [0.2, 0.25) is 0 Å². The Hall–Kier alpha value is -7.03. The second-order valence-electron chi connectivity index (χ2n) is 12.7. The van der Waals surface area contributed by atoms with Gasteiger partial charge in [-0.3, -0.25) is 0 Å². The van der Waals surface area contributed by atoms with Gasteiger partial charge in [-0.15, -0.1) is 6.42 Å². The number of allylic oxidation sites excluding steroid dienone is 4. The van der Waals surface area contributed by atoms with Crippen LogP contribution in [0.5, 0.6) is 0 Å². The van der Waals surface area contributed by atoms with Gasteiger partial charge >= 0.3 is 0 Å². The molecule has 238 valence electrons. The first-order valence-corrected chi connectivity index (χ1v) is 16.9. The molecule has 5 nitrogen and oxygen atoms in total. The molecule has 5 heteroatoms. The number of rotatable bonds is 5. The average molecular weight is 653 g/mol. The van der Waals surface area contributed by atoms with E-state index < -0.39 is 0 Å². The zero-order valence-corrected chi connectivity index (χ0v) is 27.6. The predicted octanol–water partition coefficient (Wildman–Crippen LogP) is 11.5. The molecular weight excluding hydrogens is 625 g/mol. The number of para-hydroxylation sites is 3. The van der Waals surface area contributed by atoms with Crippen molar-refractivity contribution in [1.29, 1.82) is 0 Å². The lowest BCUT2D eigenvalue weighted by Crippen LogP contribution is -2.02. The van der Waals surface area contributed by atoms with Gasteiger partial charge < -0.3 is 8.82 Å². The van der Waals surface area contributed by atoms with Crippen molar-refractivity contribution in [2.24, 2.45) is 0 Å². The number of aromatic nitrogens is 4. The monoisotopic (exact) mass is 652 g/mol. The summed E-state index contributed by atoms with van der Waals surface area (Å²) in [4.78, 5) is 14.7. The van der Waals surface area contributed by atoms with Gasteiger partial charge in [0, 0.05) is 54.6 Å². The highest BCUT2D eigenvalue weighted by atomic mass is 16.3. The lowest BCUT2D eigenvalue weighted by atomic mass is 9.98. The molecule has 0 aliphatic heterocycles. The van der Waals surface area contributed by atoms with E-state index in [2.05, 4.69) is 95.3 Å². The minimum absolute atomic E-state index is 0.555. The summed E-state index contributed by atoms with van der Waals surface area (Å²) in [6.07, 6.45) is 11.0. The molecule has 51 heavy (non-hydrogen) atoms. The molecule has 0 radical (unpaired) electrons. The van der Waals surface area contributed by atoms with E-state index in [-0.39, 0.29) is 0 Å². The molecule has 0 aliphatic carbocycles. The van der Waals surface area contributed by atoms with Crippen LogP contribution in [-0.4, -0.2) is 19.4 Å². The normalized spacial score (nSPS) is 12.4. The van der Waals surface area contributed by atoms with Crippen LogP contribution in [0.25, 0.3) is 99.5 Å². The van der Waals surface area contributed by atoms with Crippen molar-refractivity contribution >= 4 is 65.6 Å². The smallest absolute Gasteiger partial charge is 0.164 e. The van der Waals surface area contributed by atoms with Crippen LogP contribution >= 0.6 is 0 Å². The highest BCUT2D eigenvalue weighted by molar-refractivity contribution is 6.32. The van der Waals surface area contributed by atoms with Crippen LogP contribution in [0.2, 0.25) is 0 Å². The Kier molecular flexibility index (Phi) is 6.39. The van der Waals surface area contributed by atoms with Crippen molar-refractivity contribution < 1.29 is 4.42 Å². The SMILES string of the molecule is C#C/C=C\C(=C/C)c1nc(-c2ccccc2)nc(-c2cccc(-c3cccc4c3oc3ccc5c(c6cccc7c8ccccc8n5c76)c34)c2)n1. The van der Waals surface area contributed by atoms with Crippen LogP contribution in [0.1, 0.15) is 12.7 Å². The minimum atomic E-state index is 0.555. The topological polar surface area (TPSA) is 56.2 Å². The molecule has 0 unspecified atom stereocenters. The third-order valence-corrected chi connectivity index (χ3v) is 9.87. The van der Waals surface area contributed by atoms with E-state index in [9.17, 15) is 0 Å². The van der Waals surface area contributed by atoms with Gasteiger partial charge in [-0.25, -0.2) is 15.0 Å². The maximum atomic E-state index is 6.77. The molecule has 0 fully saturated rings. The molecule has 0 amide bonds. The number of hydrogen-bond donors (Lipinski definition) is 0. The van der Waals surface area contributed by atoms with E-state index in [1.165, 1.54) is 38.1 Å². The van der Waals surface area contributed by atoms with Gasteiger partial charge in [0.05, 0.1) is 16.6 Å². The highest BCUT2D eigenvalue weighted by Crippen LogP contribution is 2.45. The fourth-order valence-corrected chi connectivity index (χ4v) is 7.65. The molecule has 0 N–H and O–H groups in total. The second-order valence-corrected chi connectivity index (χ2v) is 12.7. The lowest BCUT2D eigenvalue weighted by Gasteiger charge is -2.10. The van der Waals surface area contributed by atoms with Gasteiger partial charge in [-0.05, 0) is 48.9 Å². The van der Waals surface area contributed by atoms with Crippen LogP contribution in [0.4, 0.5) is 0 Å². The van der Waals surface area contributed by atoms with E-state index in [1.54, 1.807) is 6.08 Å². The van der Waals surface area contributed by atoms with Gasteiger partial charge in [0.25, 0.3) is 0 Å². The van der Waals surface area contributed by atoms with Gasteiger partial charge in [-0.1, -0.05) is 115 Å². The molecule has 0 atom stereocenters. The van der Waals surface area contributed by atoms with Crippen molar-refractivity contribution in [2.75, 3.05) is 0 Å². The number of benzene rings is 6. The lowest BCUT2D eigenvalue weighted by molar-refractivity contribution is 0.670. The maximum Gasteiger partial charge on any atom is 0.164 e. The number of hydrogen-bond acceptors (Lipinski definition) is 4. The number of fused-ring (bicyclic) bond motifs is 10. The largest absolute Gasteiger partial charge is 0.455 e. The number of furan rings is 1. The molecule has 6 aromatic carbocycles. The Labute approximate surface area is 293 Å². The minimum Gasteiger partial charge on any atom is -0.455 e. The standard InChI is InChI=1S/C46H28N4O/c1-3-5-14-28(4-2)44-47-45(29-15-7-6-8-16-29)49-46(48-44)31-18-11-17-30(27-31)32-20-12-23-36-41-39(51-43(32)36)26-25-38-40(41)35-22-13-21-34-33-19-9-10-24-37(33)50(38)42(34)35/h1,4-27H,2H3/b14-5-,28-4+. The summed E-state index contributed by atoms with van der Waals surface area (Å²) in [6.45, 7) is 1.95. The summed E-state index contributed by atoms with van der Waals surface area (Å²) in [6, 6.07) is 44.3. The van der Waals surface area contributed by atoms with E-state index in [0.29, 0.717) is 17.5 Å². The first-order chi connectivity index (χ1) is 25.2. The molecule has 0 aliphatic rings. The van der Waals surface area contributed by atoms with E-state index in [4.69, 9.17) is 25.8 Å². The average Bonchev–Trinajstić information content (AvgIpc) is 3.85. The molecule has 10 aromatic rings. The zero-order chi connectivity index (χ0) is 34.1. The first-order valence-electron chi connectivity index (χ1n) is 16.9. The van der Waals surface area contributed by atoms with Crippen molar-refractivity contribution in [1.82, 2.24) is 19.4 Å². The Balaban J connectivity index is 1.17. The van der Waals surface area contributed by atoms with Crippen molar-refractivity contribution in [2.45, 2.75) is 6.92 Å². The molecular formula is C46H28N4O. The second kappa shape index (κ2) is 11.3. The summed E-state index contributed by atoms with van der Waals surface area (Å²) in [5.74, 6) is 4.29. The molecule has 4 heterocycles. The van der Waals surface area contributed by atoms with Crippen molar-refractivity contribution in [3.63, 3.8) is 0 Å². The van der Waals surface area contributed by atoms with Crippen LogP contribution in [-0.2, 0) is 0 Å². The van der Waals surface area contributed by atoms with Crippen LogP contribution in [0, 0.1) is 12.3 Å². The van der Waals surface area contributed by atoms with E-state index >= 15 is 0 Å². The number of nitrogens with zero attached hydrogens (tertiary/aromatic N) is 4. The van der Waals surface area contributed by atoms with E-state index in [0.717, 1.165) is 49.8 Å². The Morgan fingerprint density at radius 1 is 0.647 bits per heavy atom. The molecule has 0 saturated carbocycles. The molecule has 10 rings (SSSR count). The molecule has 4 aromatic heterocycles. The van der Waals surface area contributed by atoms with E-state index in [1.807, 2.05) is 61.5 Å². The summed E-state index contributed by atoms with van der Waals surface area (Å²) in [5.41, 5.74) is 9.98. The highest BCUT2D eigenvalue weighted by Gasteiger charge is 2.22. The van der Waals surface area contributed by atoms with Gasteiger partial charge in [0.15, 0.2) is 17.5 Å². The molecule has 0 saturated heterocycles. The van der Waals surface area contributed by atoms with Crippen molar-refractivity contribution in [3.05, 3.63) is 151 Å². The van der Waals surface area contributed by atoms with Crippen LogP contribution in [0.3, 0.4) is 0 Å². The fraction of sp³-hybridized carbons (Fsp3) is 0.0217. The van der Waals surface area contributed by atoms with Gasteiger partial charge in [-0.2, -0.15) is 0 Å². The summed E-state index contributed by atoms with van der Waals surface area (Å²) in [7, 11) is 0. The number of terminal acetylenes is 1. The molecule has 0 spiro atoms. The Morgan fingerprint density at radius 3 is 2.22 bits per heavy atom. The predicted molar refractivity (Wildman–Crippen MR) is 210 cm³/mol. The quantitative estimate of drug-likeness (QED) is 0.137. The van der Waals surface area contributed by atoms with Crippen LogP contribution in [0.15, 0.2) is 150 Å². The van der Waals surface area contributed by atoms with Crippen LogP contribution < -0.4 is 0 Å². The first kappa shape index (κ1) is 28.9. The maximum absolute atomic E-state index is 6.77. The van der Waals surface area contributed by atoms with Gasteiger partial charge in [0.1, 0.15) is 11.2 Å². The summed E-state index contributed by atoms with van der Waals surface area (Å²) in [5, 5.41) is 7.21. The van der Waals surface area contributed by atoms with Crippen molar-refractivity contribution in [3.8, 4) is 46.2 Å². The summed E-state index contributed by atoms with van der Waals surface area (Å²) < 4.78 is 9.18. The molecule has 0 bridgehead atoms. The summed E-state index contributed by atoms with van der Waals surface area (Å²) >= 11 is 0. The Morgan fingerprint density at radius 2 is 1.35 bits per heavy atom. The fourth-order valence-electron chi connectivity index (χ4n) is 7.65. The Bertz CT molecular complexity index is 3100. The third-order valence-electron chi connectivity index (χ3n) is 9.87.